The predicted octanol–water partition coefficient (Wildman–Crippen LogP) is 4.91. The quantitative estimate of drug-likeness (QED) is 0.298. The third kappa shape index (κ3) is 4.72. The summed E-state index contributed by atoms with van der Waals surface area (Å²) in [5.41, 5.74) is 8.30. The third-order valence-corrected chi connectivity index (χ3v) is 8.35. The molecule has 0 aliphatic carbocycles. The first-order chi connectivity index (χ1) is 19.7. The molecule has 0 radical (unpaired) electrons. The lowest BCUT2D eigenvalue weighted by Crippen LogP contribution is -2.57. The lowest BCUT2D eigenvalue weighted by molar-refractivity contribution is 0.139. The number of likely N-dealkylation sites (N-methyl/N-ethyl adjacent to an activating group) is 1. The van der Waals surface area contributed by atoms with Crippen LogP contribution < -0.4 is 25.4 Å². The highest BCUT2D eigenvalue weighted by Gasteiger charge is 2.31. The van der Waals surface area contributed by atoms with Gasteiger partial charge in [0.1, 0.15) is 11.5 Å². The highest BCUT2D eigenvalue weighted by Crippen LogP contribution is 2.40. The first-order valence-corrected chi connectivity index (χ1v) is 13.8. The normalized spacial score (nSPS) is 15.4. The van der Waals surface area contributed by atoms with Gasteiger partial charge < -0.3 is 14.4 Å². The van der Waals surface area contributed by atoms with Gasteiger partial charge in [-0.15, -0.1) is 9.89 Å². The van der Waals surface area contributed by atoms with Gasteiger partial charge in [0.15, 0.2) is 5.65 Å². The molecule has 1 fully saturated rings. The Bertz CT molecular complexity index is 1810. The molecule has 0 unspecified atom stereocenters. The third-order valence-electron chi connectivity index (χ3n) is 7.96. The summed E-state index contributed by atoms with van der Waals surface area (Å²) in [6.45, 7) is 7.52. The molecule has 1 aliphatic rings. The number of nitrogens with one attached hydrogen (secondary N) is 2. The summed E-state index contributed by atoms with van der Waals surface area (Å²) >= 11 is 6.70. The molecule has 0 atom stereocenters. The van der Waals surface area contributed by atoms with Crippen molar-refractivity contribution in [2.75, 3.05) is 51.2 Å². The molecular formula is C30H33ClN8O2. The molecule has 212 valence electrons. The molecule has 3 aromatic heterocycles. The molecule has 41 heavy (non-hydrogen) atoms. The minimum absolute atomic E-state index is 0.115. The minimum Gasteiger partial charge on any atom is -0.497 e. The number of hydrogen-bond donors (Lipinski definition) is 2. The van der Waals surface area contributed by atoms with Crippen molar-refractivity contribution in [3.63, 3.8) is 0 Å². The van der Waals surface area contributed by atoms with Crippen LogP contribution in [0, 0.1) is 5.41 Å². The maximum Gasteiger partial charge on any atom is 0.245 e. The van der Waals surface area contributed by atoms with Crippen LogP contribution in [0.5, 0.6) is 11.5 Å². The number of pyridine rings is 2. The SMILES string of the molecule is COc1cc(OC)c(Cl)c(-c2nccc3c2ccc2nn(Nc4ccc(N5CCN(C)C(C)(C)C5)cc4)c(=N)n23)c1. The zero-order valence-corrected chi connectivity index (χ0v) is 24.5. The van der Waals surface area contributed by atoms with Crippen molar-refractivity contribution >= 4 is 39.5 Å². The average molecular weight is 573 g/mol. The smallest absolute Gasteiger partial charge is 0.245 e. The van der Waals surface area contributed by atoms with Gasteiger partial charge in [-0.05, 0) is 69.4 Å². The van der Waals surface area contributed by atoms with Crippen LogP contribution in [-0.4, -0.2) is 70.6 Å². The highest BCUT2D eigenvalue weighted by atomic mass is 35.5. The summed E-state index contributed by atoms with van der Waals surface area (Å²) in [6, 6.07) is 17.5. The van der Waals surface area contributed by atoms with Crippen molar-refractivity contribution < 1.29 is 9.47 Å². The van der Waals surface area contributed by atoms with Gasteiger partial charge >= 0.3 is 0 Å². The van der Waals surface area contributed by atoms with Crippen molar-refractivity contribution in [2.45, 2.75) is 19.4 Å². The van der Waals surface area contributed by atoms with E-state index in [9.17, 15) is 0 Å². The number of rotatable bonds is 6. The molecule has 6 rings (SSSR count). The molecule has 4 heterocycles. The number of piperazine rings is 1. The van der Waals surface area contributed by atoms with E-state index >= 15 is 0 Å². The van der Waals surface area contributed by atoms with Gasteiger partial charge in [-0.25, -0.2) is 0 Å². The Labute approximate surface area is 243 Å². The Morgan fingerprint density at radius 1 is 1.00 bits per heavy atom. The Hall–Kier alpha value is -4.28. The van der Waals surface area contributed by atoms with Crippen molar-refractivity contribution in [1.82, 2.24) is 24.2 Å². The van der Waals surface area contributed by atoms with E-state index in [0.717, 1.165) is 36.2 Å². The molecule has 0 saturated carbocycles. The zero-order valence-electron chi connectivity index (χ0n) is 23.8. The van der Waals surface area contributed by atoms with Crippen LogP contribution in [0.15, 0.2) is 60.8 Å². The van der Waals surface area contributed by atoms with Crippen molar-refractivity contribution in [3.05, 3.63) is 71.4 Å². The van der Waals surface area contributed by atoms with Crippen LogP contribution in [0.1, 0.15) is 13.8 Å². The molecule has 1 aliphatic heterocycles. The van der Waals surface area contributed by atoms with Gasteiger partial charge in [-0.1, -0.05) is 11.6 Å². The first-order valence-electron chi connectivity index (χ1n) is 13.4. The summed E-state index contributed by atoms with van der Waals surface area (Å²) in [6.07, 6.45) is 1.70. The van der Waals surface area contributed by atoms with E-state index in [4.69, 9.17) is 26.5 Å². The monoisotopic (exact) mass is 572 g/mol. The van der Waals surface area contributed by atoms with Crippen LogP contribution >= 0.6 is 11.6 Å². The number of aromatic nitrogens is 4. The fourth-order valence-electron chi connectivity index (χ4n) is 5.36. The molecule has 0 amide bonds. The summed E-state index contributed by atoms with van der Waals surface area (Å²) in [7, 11) is 5.34. The van der Waals surface area contributed by atoms with Gasteiger partial charge in [0.25, 0.3) is 0 Å². The van der Waals surface area contributed by atoms with Gasteiger partial charge in [-0.2, -0.15) is 0 Å². The van der Waals surface area contributed by atoms with E-state index in [-0.39, 0.29) is 11.2 Å². The van der Waals surface area contributed by atoms with Crippen LogP contribution in [0.2, 0.25) is 5.02 Å². The van der Waals surface area contributed by atoms with E-state index in [1.54, 1.807) is 30.9 Å². The molecular weight excluding hydrogens is 540 g/mol. The number of nitrogens with zero attached hydrogens (tertiary/aromatic N) is 6. The number of anilines is 2. The maximum absolute atomic E-state index is 8.96. The molecule has 0 spiro atoms. The second kappa shape index (κ2) is 10.3. The summed E-state index contributed by atoms with van der Waals surface area (Å²) in [5.74, 6) is 1.10. The summed E-state index contributed by atoms with van der Waals surface area (Å²) < 4.78 is 12.7. The summed E-state index contributed by atoms with van der Waals surface area (Å²) in [4.78, 5) is 10.9. The van der Waals surface area contributed by atoms with Crippen LogP contribution in [0.3, 0.4) is 0 Å². The summed E-state index contributed by atoms with van der Waals surface area (Å²) in [5, 5.41) is 14.9. The Morgan fingerprint density at radius 2 is 1.78 bits per heavy atom. The number of fused-ring (bicyclic) bond motifs is 3. The average Bonchev–Trinajstić information content (AvgIpc) is 3.29. The first kappa shape index (κ1) is 26.9. The van der Waals surface area contributed by atoms with Gasteiger partial charge in [0.05, 0.1) is 36.1 Å². The zero-order chi connectivity index (χ0) is 28.9. The lowest BCUT2D eigenvalue weighted by Gasteiger charge is -2.46. The number of halogens is 1. The predicted molar refractivity (Wildman–Crippen MR) is 162 cm³/mol. The molecule has 1 saturated heterocycles. The molecule has 2 aromatic carbocycles. The number of ether oxygens (including phenoxy) is 2. The van der Waals surface area contributed by atoms with E-state index < -0.39 is 0 Å². The van der Waals surface area contributed by atoms with E-state index in [2.05, 4.69) is 58.3 Å². The topological polar surface area (TPSA) is 95.9 Å². The molecule has 10 nitrogen and oxygen atoms in total. The van der Waals surface area contributed by atoms with Gasteiger partial charge in [0, 0.05) is 54.1 Å². The molecule has 5 aromatic rings. The maximum atomic E-state index is 8.96. The Balaban J connectivity index is 1.35. The second-order valence-corrected chi connectivity index (χ2v) is 11.2. The van der Waals surface area contributed by atoms with Crippen molar-refractivity contribution in [3.8, 4) is 22.8 Å². The van der Waals surface area contributed by atoms with Gasteiger partial charge in [-0.3, -0.25) is 25.1 Å². The molecule has 0 bridgehead atoms. The number of benzene rings is 2. The lowest BCUT2D eigenvalue weighted by atomic mass is 9.99. The largest absolute Gasteiger partial charge is 0.497 e. The Kier molecular flexibility index (Phi) is 6.75. The number of methoxy groups -OCH3 is 2. The second-order valence-electron chi connectivity index (χ2n) is 10.9. The van der Waals surface area contributed by atoms with E-state index in [1.807, 2.05) is 36.4 Å². The fourth-order valence-corrected chi connectivity index (χ4v) is 5.63. The van der Waals surface area contributed by atoms with Crippen molar-refractivity contribution in [2.24, 2.45) is 0 Å². The van der Waals surface area contributed by atoms with E-state index in [1.165, 1.54) is 10.5 Å². The molecule has 2 N–H and O–H groups in total. The highest BCUT2D eigenvalue weighted by molar-refractivity contribution is 6.35. The molecule has 11 heteroatoms. The van der Waals surface area contributed by atoms with Crippen LogP contribution in [-0.2, 0) is 0 Å². The van der Waals surface area contributed by atoms with Crippen molar-refractivity contribution in [1.29, 1.82) is 5.41 Å². The number of hydrogen-bond acceptors (Lipinski definition) is 8. The minimum atomic E-state index is 0.115. The van der Waals surface area contributed by atoms with Crippen LogP contribution in [0.4, 0.5) is 11.4 Å². The fraction of sp³-hybridized carbons (Fsp3) is 0.300. The van der Waals surface area contributed by atoms with Crippen LogP contribution in [0.25, 0.3) is 27.8 Å². The standard InChI is InChI=1S/C30H33ClN8O2/c1-30(2)18-37(15-14-36(30)3)20-8-6-19(7-9-20)34-39-29(32)38-24-12-13-33-28(22(24)10-11-26(38)35-39)23-16-21(40-4)17-25(41-5)27(23)31/h6-13,16-17,32,34H,14-15,18H2,1-5H3. The Morgan fingerprint density at radius 3 is 2.49 bits per heavy atom. The van der Waals surface area contributed by atoms with Gasteiger partial charge in [0.2, 0.25) is 5.62 Å². The van der Waals surface area contributed by atoms with E-state index in [0.29, 0.717) is 33.4 Å².